The second-order valence-electron chi connectivity index (χ2n) is 11.4. The van der Waals surface area contributed by atoms with Gasteiger partial charge in [0.2, 0.25) is 0 Å². The summed E-state index contributed by atoms with van der Waals surface area (Å²) >= 11 is 1.79. The van der Waals surface area contributed by atoms with Gasteiger partial charge in [-0.05, 0) is 91.8 Å². The predicted molar refractivity (Wildman–Crippen MR) is 167 cm³/mol. The molecule has 1 heterocycles. The number of likely N-dealkylation sites (tertiary alicyclic amines) is 1. The van der Waals surface area contributed by atoms with Gasteiger partial charge in [-0.3, -0.25) is 4.90 Å². The largest absolute Gasteiger partial charge is 0.493 e. The van der Waals surface area contributed by atoms with Crippen molar-refractivity contribution in [1.82, 2.24) is 4.90 Å². The molecule has 0 bridgehead atoms. The number of piperidine rings is 1. The highest BCUT2D eigenvalue weighted by Gasteiger charge is 2.35. The van der Waals surface area contributed by atoms with Gasteiger partial charge in [0, 0.05) is 17.2 Å². The topological polar surface area (TPSA) is 48.0 Å². The third-order valence-electron chi connectivity index (χ3n) is 7.15. The number of ether oxygens (including phenoxy) is 3. The number of fused-ring (bicyclic) bond motifs is 1. The van der Waals surface area contributed by atoms with Crippen LogP contribution in [0.1, 0.15) is 50.7 Å². The molecule has 0 spiro atoms. The second kappa shape index (κ2) is 13.5. The molecule has 6 heteroatoms. The van der Waals surface area contributed by atoms with Crippen LogP contribution in [0.4, 0.5) is 4.79 Å². The van der Waals surface area contributed by atoms with Crippen molar-refractivity contribution < 1.29 is 19.0 Å². The van der Waals surface area contributed by atoms with Crippen LogP contribution in [0.15, 0.2) is 102 Å². The summed E-state index contributed by atoms with van der Waals surface area (Å²) in [6.07, 6.45) is 0.863. The van der Waals surface area contributed by atoms with Crippen LogP contribution in [-0.4, -0.2) is 41.7 Å². The molecule has 0 aromatic heterocycles. The number of carbonyl (C=O) groups excluding carboxylic acids is 1. The molecule has 214 valence electrons. The van der Waals surface area contributed by atoms with Crippen LogP contribution in [0.25, 0.3) is 10.8 Å². The third kappa shape index (κ3) is 8.27. The summed E-state index contributed by atoms with van der Waals surface area (Å²) in [5.74, 6) is 2.04. The lowest BCUT2D eigenvalue weighted by molar-refractivity contribution is -0.0937. The summed E-state index contributed by atoms with van der Waals surface area (Å²) < 4.78 is 18.2. The summed E-state index contributed by atoms with van der Waals surface area (Å²) in [7, 11) is 0. The molecular formula is C35H39NO4S. The lowest BCUT2D eigenvalue weighted by atomic mass is 9.88. The van der Waals surface area contributed by atoms with E-state index in [1.54, 1.807) is 16.7 Å². The predicted octanol–water partition coefficient (Wildman–Crippen LogP) is 8.67. The van der Waals surface area contributed by atoms with Gasteiger partial charge in [-0.25, -0.2) is 4.79 Å². The first-order chi connectivity index (χ1) is 19.8. The number of carbonyl (C=O) groups is 1. The SMILES string of the molecule is CC(C)(C)OC(=O)N1CCC(c2ccc(OCCSc3ccccc3)cc2)CC1OCc1ccc2ccccc2c1. The molecule has 0 aliphatic carbocycles. The number of nitrogens with zero attached hydrogens (tertiary/aromatic N) is 1. The quantitative estimate of drug-likeness (QED) is 0.149. The van der Waals surface area contributed by atoms with Crippen LogP contribution in [0, 0.1) is 0 Å². The van der Waals surface area contributed by atoms with Crippen molar-refractivity contribution in [3.63, 3.8) is 0 Å². The standard InChI is InChI=1S/C35H39NO4S/c1-35(2,3)40-34(37)36-20-19-30(24-33(36)39-25-26-13-14-27-9-7-8-10-29(27)23-26)28-15-17-31(18-16-28)38-21-22-41-32-11-5-4-6-12-32/h4-18,23,30,33H,19-22,24-25H2,1-3H3. The summed E-state index contributed by atoms with van der Waals surface area (Å²) in [5, 5.41) is 2.38. The molecular weight excluding hydrogens is 530 g/mol. The zero-order valence-electron chi connectivity index (χ0n) is 24.1. The van der Waals surface area contributed by atoms with Gasteiger partial charge >= 0.3 is 6.09 Å². The number of hydrogen-bond donors (Lipinski definition) is 0. The smallest absolute Gasteiger partial charge is 0.412 e. The summed E-state index contributed by atoms with van der Waals surface area (Å²) in [4.78, 5) is 16.1. The zero-order chi connectivity index (χ0) is 28.7. The van der Waals surface area contributed by atoms with E-state index in [1.165, 1.54) is 21.2 Å². The molecule has 0 radical (unpaired) electrons. The fourth-order valence-electron chi connectivity index (χ4n) is 5.11. The fraction of sp³-hybridized carbons (Fsp3) is 0.343. The molecule has 0 N–H and O–H groups in total. The number of thioether (sulfide) groups is 1. The number of benzene rings is 4. The maximum absolute atomic E-state index is 13.1. The van der Waals surface area contributed by atoms with E-state index >= 15 is 0 Å². The first kappa shape index (κ1) is 29.0. The van der Waals surface area contributed by atoms with E-state index in [2.05, 4.69) is 66.7 Å². The van der Waals surface area contributed by atoms with Gasteiger partial charge in [-0.15, -0.1) is 11.8 Å². The van der Waals surface area contributed by atoms with Crippen molar-refractivity contribution in [3.8, 4) is 5.75 Å². The average molecular weight is 570 g/mol. The monoisotopic (exact) mass is 569 g/mol. The third-order valence-corrected chi connectivity index (χ3v) is 8.13. The van der Waals surface area contributed by atoms with Crippen molar-refractivity contribution >= 4 is 28.6 Å². The maximum atomic E-state index is 13.1. The Labute approximate surface area is 247 Å². The van der Waals surface area contributed by atoms with Gasteiger partial charge in [-0.2, -0.15) is 0 Å². The molecule has 41 heavy (non-hydrogen) atoms. The summed E-state index contributed by atoms with van der Waals surface area (Å²) in [6, 6.07) is 33.4. The second-order valence-corrected chi connectivity index (χ2v) is 12.6. The van der Waals surface area contributed by atoms with Gasteiger partial charge in [0.1, 0.15) is 17.6 Å². The van der Waals surface area contributed by atoms with Crippen LogP contribution in [-0.2, 0) is 16.1 Å². The highest BCUT2D eigenvalue weighted by atomic mass is 32.2. The molecule has 4 aromatic rings. The van der Waals surface area contributed by atoms with Crippen LogP contribution in [0.2, 0.25) is 0 Å². The summed E-state index contributed by atoms with van der Waals surface area (Å²) in [5.41, 5.74) is 1.76. The van der Waals surface area contributed by atoms with Gasteiger partial charge in [0.25, 0.3) is 0 Å². The van der Waals surface area contributed by atoms with E-state index in [4.69, 9.17) is 14.2 Å². The zero-order valence-corrected chi connectivity index (χ0v) is 24.9. The van der Waals surface area contributed by atoms with Crippen molar-refractivity contribution in [2.24, 2.45) is 0 Å². The van der Waals surface area contributed by atoms with Crippen molar-refractivity contribution in [2.75, 3.05) is 18.9 Å². The lowest BCUT2D eigenvalue weighted by Crippen LogP contribution is -2.48. The van der Waals surface area contributed by atoms with Gasteiger partial charge in [0.15, 0.2) is 0 Å². The van der Waals surface area contributed by atoms with E-state index in [1.807, 2.05) is 51.1 Å². The van der Waals surface area contributed by atoms with E-state index in [-0.39, 0.29) is 18.2 Å². The minimum absolute atomic E-state index is 0.276. The van der Waals surface area contributed by atoms with Crippen molar-refractivity contribution in [2.45, 2.75) is 62.9 Å². The van der Waals surface area contributed by atoms with E-state index in [0.717, 1.165) is 23.5 Å². The Hall–Kier alpha value is -3.48. The Balaban J connectivity index is 1.21. The van der Waals surface area contributed by atoms with E-state index in [9.17, 15) is 4.79 Å². The Kier molecular flexibility index (Phi) is 9.53. The highest BCUT2D eigenvalue weighted by molar-refractivity contribution is 7.99. The molecule has 1 aliphatic rings. The number of amides is 1. The van der Waals surface area contributed by atoms with E-state index in [0.29, 0.717) is 26.2 Å². The molecule has 1 saturated heterocycles. The van der Waals surface area contributed by atoms with Gasteiger partial charge < -0.3 is 14.2 Å². The molecule has 4 aromatic carbocycles. The average Bonchev–Trinajstić information content (AvgIpc) is 2.98. The molecule has 1 amide bonds. The van der Waals surface area contributed by atoms with Crippen LogP contribution in [0.3, 0.4) is 0 Å². The van der Waals surface area contributed by atoms with E-state index < -0.39 is 5.60 Å². The van der Waals surface area contributed by atoms with Crippen LogP contribution >= 0.6 is 11.8 Å². The molecule has 1 fully saturated rings. The molecule has 2 unspecified atom stereocenters. The highest BCUT2D eigenvalue weighted by Crippen LogP contribution is 2.34. The Bertz CT molecular complexity index is 1420. The van der Waals surface area contributed by atoms with Crippen LogP contribution < -0.4 is 4.74 Å². The molecule has 1 aliphatic heterocycles. The van der Waals surface area contributed by atoms with Crippen molar-refractivity contribution in [3.05, 3.63) is 108 Å². The Morgan fingerprint density at radius 3 is 2.39 bits per heavy atom. The minimum atomic E-state index is -0.563. The van der Waals surface area contributed by atoms with Crippen LogP contribution in [0.5, 0.6) is 5.75 Å². The number of hydrogen-bond acceptors (Lipinski definition) is 5. The lowest BCUT2D eigenvalue weighted by Gasteiger charge is -2.39. The Morgan fingerprint density at radius 2 is 1.63 bits per heavy atom. The maximum Gasteiger partial charge on any atom is 0.412 e. The molecule has 5 nitrogen and oxygen atoms in total. The van der Waals surface area contributed by atoms with Crippen molar-refractivity contribution in [1.29, 1.82) is 0 Å². The number of rotatable bonds is 9. The molecule has 0 saturated carbocycles. The fourth-order valence-corrected chi connectivity index (χ4v) is 5.86. The molecule has 2 atom stereocenters. The van der Waals surface area contributed by atoms with Gasteiger partial charge in [-0.1, -0.05) is 66.7 Å². The summed E-state index contributed by atoms with van der Waals surface area (Å²) in [6.45, 7) is 7.34. The minimum Gasteiger partial charge on any atom is -0.493 e. The Morgan fingerprint density at radius 1 is 0.902 bits per heavy atom. The first-order valence-electron chi connectivity index (χ1n) is 14.3. The molecule has 5 rings (SSSR count). The first-order valence-corrected chi connectivity index (χ1v) is 15.3. The van der Waals surface area contributed by atoms with Gasteiger partial charge in [0.05, 0.1) is 13.2 Å². The normalized spacial score (nSPS) is 17.4.